The van der Waals surface area contributed by atoms with Gasteiger partial charge in [-0.3, -0.25) is 4.90 Å². The van der Waals surface area contributed by atoms with Crippen LogP contribution in [0.1, 0.15) is 19.8 Å². The van der Waals surface area contributed by atoms with E-state index in [1.807, 2.05) is 4.90 Å². The Hall–Kier alpha value is -0.220. The number of nitrogens with zero attached hydrogens (tertiary/aromatic N) is 1. The van der Waals surface area contributed by atoms with Crippen molar-refractivity contribution >= 4 is 0 Å². The first-order valence-electron chi connectivity index (χ1n) is 4.97. The fourth-order valence-electron chi connectivity index (χ4n) is 1.86. The third kappa shape index (κ3) is 3.56. The van der Waals surface area contributed by atoms with Gasteiger partial charge in [-0.2, -0.15) is 0 Å². The van der Waals surface area contributed by atoms with Crippen LogP contribution in [0.15, 0.2) is 0 Å². The Bertz CT molecular complexity index is 142. The molecule has 13 heavy (non-hydrogen) atoms. The highest BCUT2D eigenvalue weighted by Crippen LogP contribution is 2.12. The molecule has 1 rings (SSSR count). The van der Waals surface area contributed by atoms with Gasteiger partial charge in [0, 0.05) is 19.1 Å². The zero-order valence-corrected chi connectivity index (χ0v) is 8.10. The number of rotatable bonds is 3. The van der Waals surface area contributed by atoms with Crippen molar-refractivity contribution in [3.05, 3.63) is 0 Å². The first kappa shape index (κ1) is 10.9. The molecule has 0 aromatic heterocycles. The van der Waals surface area contributed by atoms with Crippen molar-refractivity contribution in [3.63, 3.8) is 0 Å². The number of hydrogen-bond acceptors (Lipinski definition) is 2. The summed E-state index contributed by atoms with van der Waals surface area (Å²) in [5.74, 6) is 0. The van der Waals surface area contributed by atoms with Gasteiger partial charge in [-0.15, -0.1) is 0 Å². The topological polar surface area (TPSA) is 15.3 Å². The van der Waals surface area contributed by atoms with E-state index in [0.29, 0.717) is 6.04 Å². The molecular formula is C9H18F2N2. The molecule has 4 heteroatoms. The minimum atomic E-state index is -2.20. The molecule has 0 amide bonds. The lowest BCUT2D eigenvalue weighted by Crippen LogP contribution is -2.39. The molecule has 0 aliphatic carbocycles. The molecule has 0 bridgehead atoms. The normalized spacial score (nSPS) is 26.3. The van der Waals surface area contributed by atoms with Crippen LogP contribution in [0.2, 0.25) is 0 Å². The Morgan fingerprint density at radius 2 is 2.23 bits per heavy atom. The minimum Gasteiger partial charge on any atom is -0.315 e. The van der Waals surface area contributed by atoms with E-state index in [-0.39, 0.29) is 6.54 Å². The SMILES string of the molecule is CCC1CCNCCN1CC(F)F. The predicted octanol–water partition coefficient (Wildman–Crippen LogP) is 1.33. The third-order valence-electron chi connectivity index (χ3n) is 2.59. The highest BCUT2D eigenvalue weighted by Gasteiger charge is 2.21. The molecule has 1 N–H and O–H groups in total. The second-order valence-corrected chi connectivity index (χ2v) is 3.49. The second kappa shape index (κ2) is 5.50. The number of alkyl halides is 2. The van der Waals surface area contributed by atoms with Crippen molar-refractivity contribution in [3.8, 4) is 0 Å². The maximum atomic E-state index is 12.2. The predicted molar refractivity (Wildman–Crippen MR) is 49.1 cm³/mol. The summed E-state index contributed by atoms with van der Waals surface area (Å²) >= 11 is 0. The van der Waals surface area contributed by atoms with Crippen LogP contribution in [0.3, 0.4) is 0 Å². The van der Waals surface area contributed by atoms with Gasteiger partial charge in [-0.05, 0) is 19.4 Å². The Morgan fingerprint density at radius 3 is 2.85 bits per heavy atom. The van der Waals surface area contributed by atoms with Crippen LogP contribution in [0, 0.1) is 0 Å². The summed E-state index contributed by atoms with van der Waals surface area (Å²) < 4.78 is 24.4. The van der Waals surface area contributed by atoms with E-state index in [9.17, 15) is 8.78 Å². The summed E-state index contributed by atoms with van der Waals surface area (Å²) in [6.45, 7) is 4.54. The molecule has 2 nitrogen and oxygen atoms in total. The van der Waals surface area contributed by atoms with E-state index in [2.05, 4.69) is 12.2 Å². The Morgan fingerprint density at radius 1 is 1.46 bits per heavy atom. The summed E-state index contributed by atoms with van der Waals surface area (Å²) in [5, 5.41) is 3.23. The van der Waals surface area contributed by atoms with E-state index in [1.165, 1.54) is 0 Å². The van der Waals surface area contributed by atoms with Crippen LogP contribution in [0.25, 0.3) is 0 Å². The van der Waals surface area contributed by atoms with Gasteiger partial charge >= 0.3 is 0 Å². The zero-order valence-electron chi connectivity index (χ0n) is 8.10. The van der Waals surface area contributed by atoms with Crippen molar-refractivity contribution in [2.24, 2.45) is 0 Å². The summed E-state index contributed by atoms with van der Waals surface area (Å²) in [5.41, 5.74) is 0. The van der Waals surface area contributed by atoms with E-state index < -0.39 is 6.43 Å². The zero-order chi connectivity index (χ0) is 9.68. The van der Waals surface area contributed by atoms with Crippen LogP contribution < -0.4 is 5.32 Å². The van der Waals surface area contributed by atoms with Gasteiger partial charge in [0.25, 0.3) is 6.43 Å². The molecule has 1 fully saturated rings. The number of hydrogen-bond donors (Lipinski definition) is 1. The van der Waals surface area contributed by atoms with Gasteiger partial charge in [0.2, 0.25) is 0 Å². The molecule has 1 aliphatic heterocycles. The van der Waals surface area contributed by atoms with Gasteiger partial charge in [-0.25, -0.2) is 8.78 Å². The Labute approximate surface area is 78.3 Å². The molecule has 0 saturated carbocycles. The first-order chi connectivity index (χ1) is 6.24. The Kier molecular flexibility index (Phi) is 4.59. The quantitative estimate of drug-likeness (QED) is 0.725. The largest absolute Gasteiger partial charge is 0.315 e. The molecule has 1 saturated heterocycles. The van der Waals surface area contributed by atoms with Crippen molar-refractivity contribution in [2.75, 3.05) is 26.2 Å². The van der Waals surface area contributed by atoms with E-state index in [4.69, 9.17) is 0 Å². The van der Waals surface area contributed by atoms with Crippen LogP contribution >= 0.6 is 0 Å². The molecular weight excluding hydrogens is 174 g/mol. The fourth-order valence-corrected chi connectivity index (χ4v) is 1.86. The molecule has 1 aliphatic rings. The van der Waals surface area contributed by atoms with Gasteiger partial charge < -0.3 is 5.32 Å². The number of halogens is 2. The summed E-state index contributed by atoms with van der Waals surface area (Å²) in [6.07, 6.45) is -0.246. The summed E-state index contributed by atoms with van der Waals surface area (Å²) in [4.78, 5) is 1.91. The lowest BCUT2D eigenvalue weighted by Gasteiger charge is -2.28. The van der Waals surface area contributed by atoms with Crippen molar-refractivity contribution in [1.82, 2.24) is 10.2 Å². The van der Waals surface area contributed by atoms with Gasteiger partial charge in [0.1, 0.15) is 0 Å². The molecule has 0 aromatic rings. The monoisotopic (exact) mass is 192 g/mol. The summed E-state index contributed by atoms with van der Waals surface area (Å²) in [7, 11) is 0. The van der Waals surface area contributed by atoms with Crippen LogP contribution in [-0.4, -0.2) is 43.5 Å². The molecule has 1 unspecified atom stereocenters. The lowest BCUT2D eigenvalue weighted by atomic mass is 10.1. The molecule has 78 valence electrons. The van der Waals surface area contributed by atoms with Crippen molar-refractivity contribution in [1.29, 1.82) is 0 Å². The highest BCUT2D eigenvalue weighted by atomic mass is 19.3. The molecule has 0 spiro atoms. The Balaban J connectivity index is 2.44. The van der Waals surface area contributed by atoms with Gasteiger partial charge in [-0.1, -0.05) is 6.92 Å². The molecule has 1 atom stereocenters. The van der Waals surface area contributed by atoms with Gasteiger partial charge in [0.15, 0.2) is 0 Å². The van der Waals surface area contributed by atoms with E-state index in [1.54, 1.807) is 0 Å². The van der Waals surface area contributed by atoms with E-state index >= 15 is 0 Å². The smallest absolute Gasteiger partial charge is 0.251 e. The number of nitrogens with one attached hydrogen (secondary N) is 1. The van der Waals surface area contributed by atoms with Crippen LogP contribution in [0.4, 0.5) is 8.78 Å². The van der Waals surface area contributed by atoms with Crippen molar-refractivity contribution < 1.29 is 8.78 Å². The average molecular weight is 192 g/mol. The van der Waals surface area contributed by atoms with Crippen LogP contribution in [-0.2, 0) is 0 Å². The molecule has 0 aromatic carbocycles. The first-order valence-corrected chi connectivity index (χ1v) is 4.97. The summed E-state index contributed by atoms with van der Waals surface area (Å²) in [6, 6.07) is 0.337. The fraction of sp³-hybridized carbons (Fsp3) is 1.00. The molecule has 0 radical (unpaired) electrons. The average Bonchev–Trinajstić information content (AvgIpc) is 2.28. The minimum absolute atomic E-state index is 0.0693. The molecule has 1 heterocycles. The third-order valence-corrected chi connectivity index (χ3v) is 2.59. The second-order valence-electron chi connectivity index (χ2n) is 3.49. The lowest BCUT2D eigenvalue weighted by molar-refractivity contribution is 0.0677. The van der Waals surface area contributed by atoms with Crippen molar-refractivity contribution in [2.45, 2.75) is 32.2 Å². The maximum absolute atomic E-state index is 12.2. The van der Waals surface area contributed by atoms with Gasteiger partial charge in [0.05, 0.1) is 6.54 Å². The standard InChI is InChI=1S/C9H18F2N2/c1-2-8-3-4-12-5-6-13(8)7-9(10)11/h8-9,12H,2-7H2,1H3. The maximum Gasteiger partial charge on any atom is 0.251 e. The highest BCUT2D eigenvalue weighted by molar-refractivity contribution is 4.76. The van der Waals surface area contributed by atoms with Crippen LogP contribution in [0.5, 0.6) is 0 Å². The van der Waals surface area contributed by atoms with E-state index in [0.717, 1.165) is 32.5 Å².